The van der Waals surface area contributed by atoms with E-state index >= 15 is 0 Å². The minimum Gasteiger partial charge on any atom is -0.484 e. The van der Waals surface area contributed by atoms with Crippen LogP contribution in [0.1, 0.15) is 21.5 Å². The Bertz CT molecular complexity index is 1000. The minimum atomic E-state index is -0.965. The Morgan fingerprint density at radius 3 is 2.45 bits per heavy atom. The van der Waals surface area contributed by atoms with Crippen LogP contribution in [0.25, 0.3) is 0 Å². The molecule has 0 saturated carbocycles. The summed E-state index contributed by atoms with van der Waals surface area (Å²) in [4.78, 5) is 23.1. The highest BCUT2D eigenvalue weighted by molar-refractivity contribution is 5.91. The molecule has 0 aliphatic heterocycles. The Hall–Kier alpha value is -3.80. The van der Waals surface area contributed by atoms with Crippen molar-refractivity contribution < 1.29 is 19.4 Å². The van der Waals surface area contributed by atoms with E-state index in [-0.39, 0.29) is 18.1 Å². The molecule has 0 saturated heterocycles. The zero-order valence-corrected chi connectivity index (χ0v) is 16.0. The number of carbonyl (C=O) groups is 2. The number of anilines is 2. The second kappa shape index (κ2) is 9.41. The van der Waals surface area contributed by atoms with E-state index in [4.69, 9.17) is 9.84 Å². The summed E-state index contributed by atoms with van der Waals surface area (Å²) in [6, 6.07) is 21.6. The van der Waals surface area contributed by atoms with Crippen molar-refractivity contribution in [1.82, 2.24) is 0 Å². The molecule has 0 unspecified atom stereocenters. The van der Waals surface area contributed by atoms with Gasteiger partial charge in [-0.3, -0.25) is 4.79 Å². The van der Waals surface area contributed by atoms with Crippen LogP contribution in [0.15, 0.2) is 72.8 Å². The fourth-order valence-corrected chi connectivity index (χ4v) is 2.69. The monoisotopic (exact) mass is 390 g/mol. The lowest BCUT2D eigenvalue weighted by Gasteiger charge is -2.10. The van der Waals surface area contributed by atoms with Gasteiger partial charge < -0.3 is 20.5 Å². The SMILES string of the molecule is Cc1ccc(NC(=O)COc2cccc(CNc3cccc(C(=O)O)c3)c2)cc1. The average Bonchev–Trinajstić information content (AvgIpc) is 2.73. The number of aryl methyl sites for hydroxylation is 1. The number of ether oxygens (including phenoxy) is 1. The molecule has 3 aromatic carbocycles. The van der Waals surface area contributed by atoms with E-state index in [0.717, 1.165) is 16.8 Å². The van der Waals surface area contributed by atoms with Crippen LogP contribution < -0.4 is 15.4 Å². The number of hydrogen-bond donors (Lipinski definition) is 3. The molecule has 0 radical (unpaired) electrons. The van der Waals surface area contributed by atoms with E-state index in [2.05, 4.69) is 10.6 Å². The van der Waals surface area contributed by atoms with Gasteiger partial charge in [0.15, 0.2) is 6.61 Å². The standard InChI is InChI=1S/C23H22N2O4/c1-16-8-10-19(11-9-16)25-22(26)15-29-21-7-2-4-17(12-21)14-24-20-6-3-5-18(13-20)23(27)28/h2-13,24H,14-15H2,1H3,(H,25,26)(H,27,28). The van der Waals surface area contributed by atoms with E-state index in [0.29, 0.717) is 18.0 Å². The van der Waals surface area contributed by atoms with E-state index in [1.807, 2.05) is 55.5 Å². The maximum atomic E-state index is 12.1. The molecule has 3 N–H and O–H groups in total. The van der Waals surface area contributed by atoms with E-state index < -0.39 is 5.97 Å². The van der Waals surface area contributed by atoms with Crippen LogP contribution in [-0.2, 0) is 11.3 Å². The van der Waals surface area contributed by atoms with Crippen LogP contribution in [0, 0.1) is 6.92 Å². The van der Waals surface area contributed by atoms with Crippen LogP contribution in [0.5, 0.6) is 5.75 Å². The number of hydrogen-bond acceptors (Lipinski definition) is 4. The molecule has 0 atom stereocenters. The van der Waals surface area contributed by atoms with Gasteiger partial charge in [-0.2, -0.15) is 0 Å². The number of amides is 1. The molecule has 6 nitrogen and oxygen atoms in total. The summed E-state index contributed by atoms with van der Waals surface area (Å²) >= 11 is 0. The third kappa shape index (κ3) is 6.10. The molecular formula is C23H22N2O4. The number of nitrogens with one attached hydrogen (secondary N) is 2. The highest BCUT2D eigenvalue weighted by Crippen LogP contribution is 2.17. The lowest BCUT2D eigenvalue weighted by molar-refractivity contribution is -0.118. The second-order valence-corrected chi connectivity index (χ2v) is 6.59. The smallest absolute Gasteiger partial charge is 0.335 e. The maximum absolute atomic E-state index is 12.1. The summed E-state index contributed by atoms with van der Waals surface area (Å²) in [5, 5.41) is 15.0. The van der Waals surface area contributed by atoms with E-state index in [1.54, 1.807) is 24.3 Å². The topological polar surface area (TPSA) is 87.7 Å². The van der Waals surface area contributed by atoms with Crippen LogP contribution >= 0.6 is 0 Å². The van der Waals surface area contributed by atoms with Gasteiger partial charge in [0.05, 0.1) is 5.56 Å². The first-order valence-corrected chi connectivity index (χ1v) is 9.15. The first kappa shape index (κ1) is 19.9. The molecule has 0 fully saturated rings. The van der Waals surface area contributed by atoms with Crippen molar-refractivity contribution in [2.45, 2.75) is 13.5 Å². The molecule has 29 heavy (non-hydrogen) atoms. The van der Waals surface area contributed by atoms with Crippen molar-refractivity contribution in [1.29, 1.82) is 0 Å². The number of aromatic carboxylic acids is 1. The van der Waals surface area contributed by atoms with Crippen LogP contribution in [0.3, 0.4) is 0 Å². The number of carboxylic acid groups (broad SMARTS) is 1. The molecule has 0 bridgehead atoms. The van der Waals surface area contributed by atoms with Crippen LogP contribution in [-0.4, -0.2) is 23.6 Å². The normalized spacial score (nSPS) is 10.2. The van der Waals surface area contributed by atoms with E-state index in [1.165, 1.54) is 0 Å². The quantitative estimate of drug-likeness (QED) is 0.533. The molecular weight excluding hydrogens is 368 g/mol. The zero-order chi connectivity index (χ0) is 20.6. The Balaban J connectivity index is 1.52. The maximum Gasteiger partial charge on any atom is 0.335 e. The number of carboxylic acids is 1. The summed E-state index contributed by atoms with van der Waals surface area (Å²) in [5.74, 6) is -0.613. The Kier molecular flexibility index (Phi) is 6.47. The molecule has 3 rings (SSSR count). The van der Waals surface area contributed by atoms with Gasteiger partial charge in [0.2, 0.25) is 0 Å². The molecule has 3 aromatic rings. The molecule has 148 valence electrons. The summed E-state index contributed by atoms with van der Waals surface area (Å²) in [6.45, 7) is 2.39. The summed E-state index contributed by atoms with van der Waals surface area (Å²) in [6.07, 6.45) is 0. The minimum absolute atomic E-state index is 0.0919. The third-order valence-corrected chi connectivity index (χ3v) is 4.21. The first-order valence-electron chi connectivity index (χ1n) is 9.15. The number of benzene rings is 3. The number of carbonyl (C=O) groups excluding carboxylic acids is 1. The van der Waals surface area contributed by atoms with Gasteiger partial charge in [-0.1, -0.05) is 35.9 Å². The largest absolute Gasteiger partial charge is 0.484 e. The van der Waals surface area contributed by atoms with Gasteiger partial charge in [-0.15, -0.1) is 0 Å². The Labute approximate surface area is 169 Å². The highest BCUT2D eigenvalue weighted by atomic mass is 16.5. The molecule has 0 aliphatic rings. The molecule has 0 aliphatic carbocycles. The van der Waals surface area contributed by atoms with Gasteiger partial charge in [0.1, 0.15) is 5.75 Å². The molecule has 1 amide bonds. The fourth-order valence-electron chi connectivity index (χ4n) is 2.69. The lowest BCUT2D eigenvalue weighted by atomic mass is 10.2. The summed E-state index contributed by atoms with van der Waals surface area (Å²) in [5.41, 5.74) is 3.74. The fraction of sp³-hybridized carbons (Fsp3) is 0.130. The van der Waals surface area contributed by atoms with Crippen LogP contribution in [0.4, 0.5) is 11.4 Å². The molecule has 0 spiro atoms. The molecule has 6 heteroatoms. The molecule has 0 aromatic heterocycles. The summed E-state index contributed by atoms with van der Waals surface area (Å²) < 4.78 is 5.59. The third-order valence-electron chi connectivity index (χ3n) is 4.21. The Morgan fingerprint density at radius 1 is 0.931 bits per heavy atom. The van der Waals surface area contributed by atoms with Crippen molar-refractivity contribution in [3.63, 3.8) is 0 Å². The second-order valence-electron chi connectivity index (χ2n) is 6.59. The van der Waals surface area contributed by atoms with Crippen molar-refractivity contribution in [3.05, 3.63) is 89.5 Å². The number of rotatable bonds is 8. The lowest BCUT2D eigenvalue weighted by Crippen LogP contribution is -2.20. The van der Waals surface area contributed by atoms with Crippen LogP contribution in [0.2, 0.25) is 0 Å². The first-order chi connectivity index (χ1) is 14.0. The predicted octanol–water partition coefficient (Wildman–Crippen LogP) is 4.32. The van der Waals surface area contributed by atoms with E-state index in [9.17, 15) is 9.59 Å². The van der Waals surface area contributed by atoms with Crippen molar-refractivity contribution in [3.8, 4) is 5.75 Å². The summed E-state index contributed by atoms with van der Waals surface area (Å²) in [7, 11) is 0. The van der Waals surface area contributed by atoms with Crippen molar-refractivity contribution >= 4 is 23.3 Å². The highest BCUT2D eigenvalue weighted by Gasteiger charge is 2.06. The Morgan fingerprint density at radius 2 is 1.69 bits per heavy atom. The van der Waals surface area contributed by atoms with Crippen molar-refractivity contribution in [2.75, 3.05) is 17.2 Å². The van der Waals surface area contributed by atoms with Gasteiger partial charge in [-0.25, -0.2) is 4.79 Å². The van der Waals surface area contributed by atoms with Crippen molar-refractivity contribution in [2.24, 2.45) is 0 Å². The molecule has 0 heterocycles. The van der Waals surface area contributed by atoms with Gasteiger partial charge in [-0.05, 0) is 55.0 Å². The zero-order valence-electron chi connectivity index (χ0n) is 16.0. The van der Waals surface area contributed by atoms with Gasteiger partial charge in [0, 0.05) is 17.9 Å². The van der Waals surface area contributed by atoms with Gasteiger partial charge in [0.25, 0.3) is 5.91 Å². The predicted molar refractivity (Wildman–Crippen MR) is 112 cm³/mol. The average molecular weight is 390 g/mol. The van der Waals surface area contributed by atoms with Gasteiger partial charge >= 0.3 is 5.97 Å².